The quantitative estimate of drug-likeness (QED) is 0.259. The molecular formula is C10H10O12. The van der Waals surface area contributed by atoms with Crippen LogP contribution in [0.4, 0.5) is 0 Å². The molecule has 0 aromatic carbocycles. The van der Waals surface area contributed by atoms with Crippen LogP contribution in [0.1, 0.15) is 0 Å². The zero-order valence-corrected chi connectivity index (χ0v) is 10.4. The number of hydrogen-bond acceptors (Lipinski definition) is 6. The standard InChI is InChI=1S/2C4H4O4.C2H2O4/c2*5-3(6)1-2-4(7)8;3-1(4)2(5)6/h2*1-2H,(H,5,6)(H,7,8);(H,3,4)(H,5,6). The predicted molar refractivity (Wildman–Crippen MR) is 64.1 cm³/mol. The molecular weight excluding hydrogens is 312 g/mol. The third kappa shape index (κ3) is 36.0. The van der Waals surface area contributed by atoms with Gasteiger partial charge in [-0.15, -0.1) is 0 Å². The molecule has 0 aromatic rings. The van der Waals surface area contributed by atoms with Gasteiger partial charge >= 0.3 is 35.8 Å². The average molecular weight is 322 g/mol. The van der Waals surface area contributed by atoms with Crippen LogP contribution in [0.2, 0.25) is 0 Å². The Hall–Kier alpha value is -3.70. The summed E-state index contributed by atoms with van der Waals surface area (Å²) in [7, 11) is 0. The minimum atomic E-state index is -1.82. The Labute approximate surface area is 120 Å². The van der Waals surface area contributed by atoms with Gasteiger partial charge in [0.2, 0.25) is 0 Å². The van der Waals surface area contributed by atoms with Gasteiger partial charge in [-0.05, 0) is 0 Å². The summed E-state index contributed by atoms with van der Waals surface area (Å²) in [6.45, 7) is 0. The van der Waals surface area contributed by atoms with E-state index in [1.807, 2.05) is 0 Å². The number of aliphatic carboxylic acids is 6. The first kappa shape index (κ1) is 23.4. The lowest BCUT2D eigenvalue weighted by molar-refractivity contribution is -0.159. The molecule has 6 N–H and O–H groups in total. The van der Waals surface area contributed by atoms with Crippen molar-refractivity contribution in [2.24, 2.45) is 0 Å². The highest BCUT2D eigenvalue weighted by molar-refractivity contribution is 6.27. The summed E-state index contributed by atoms with van der Waals surface area (Å²) in [6, 6.07) is 0. The maximum Gasteiger partial charge on any atom is 0.414 e. The molecule has 0 spiro atoms. The van der Waals surface area contributed by atoms with E-state index < -0.39 is 35.8 Å². The summed E-state index contributed by atoms with van der Waals surface area (Å²) in [5, 5.41) is 46.0. The van der Waals surface area contributed by atoms with E-state index in [-0.39, 0.29) is 0 Å². The van der Waals surface area contributed by atoms with Crippen molar-refractivity contribution >= 4 is 35.8 Å². The van der Waals surface area contributed by atoms with Gasteiger partial charge in [0.1, 0.15) is 0 Å². The fraction of sp³-hybridized carbons (Fsp3) is 0. The van der Waals surface area contributed by atoms with Crippen LogP contribution in [0.3, 0.4) is 0 Å². The number of carboxylic acids is 6. The second-order valence-corrected chi connectivity index (χ2v) is 2.63. The third-order valence-corrected chi connectivity index (χ3v) is 0.920. The van der Waals surface area contributed by atoms with Gasteiger partial charge in [0, 0.05) is 24.3 Å². The first-order chi connectivity index (χ1) is 9.89. The van der Waals surface area contributed by atoms with E-state index in [0.29, 0.717) is 24.3 Å². The highest BCUT2D eigenvalue weighted by Crippen LogP contribution is 1.71. The van der Waals surface area contributed by atoms with E-state index in [2.05, 4.69) is 0 Å². The molecule has 0 bridgehead atoms. The van der Waals surface area contributed by atoms with Crippen LogP contribution < -0.4 is 0 Å². The Morgan fingerprint density at radius 2 is 0.545 bits per heavy atom. The predicted octanol–water partition coefficient (Wildman–Crippen LogP) is -1.42. The molecule has 0 aliphatic carbocycles. The fourth-order valence-electron chi connectivity index (χ4n) is 0.285. The molecule has 0 unspecified atom stereocenters. The van der Waals surface area contributed by atoms with Crippen molar-refractivity contribution in [3.8, 4) is 0 Å². The van der Waals surface area contributed by atoms with Crippen LogP contribution in [0.5, 0.6) is 0 Å². The first-order valence-corrected chi connectivity index (χ1v) is 4.64. The molecule has 0 atom stereocenters. The van der Waals surface area contributed by atoms with Crippen molar-refractivity contribution in [3.63, 3.8) is 0 Å². The molecule has 12 heteroatoms. The largest absolute Gasteiger partial charge is 0.478 e. The molecule has 0 amide bonds. The molecule has 0 aliphatic rings. The van der Waals surface area contributed by atoms with Gasteiger partial charge < -0.3 is 30.6 Å². The molecule has 0 rings (SSSR count). The molecule has 0 saturated heterocycles. The zero-order chi connectivity index (χ0) is 18.3. The number of carboxylic acid groups (broad SMARTS) is 6. The Kier molecular flexibility index (Phi) is 14.6. The van der Waals surface area contributed by atoms with Gasteiger partial charge in [-0.2, -0.15) is 0 Å². The van der Waals surface area contributed by atoms with E-state index in [1.54, 1.807) is 0 Å². The summed E-state index contributed by atoms with van der Waals surface area (Å²) in [4.78, 5) is 56.4. The molecule has 0 heterocycles. The lowest BCUT2D eigenvalue weighted by Gasteiger charge is -1.74. The maximum absolute atomic E-state index is 9.55. The summed E-state index contributed by atoms with van der Waals surface area (Å²) < 4.78 is 0. The van der Waals surface area contributed by atoms with E-state index in [0.717, 1.165) is 0 Å². The van der Waals surface area contributed by atoms with Crippen LogP contribution in [0.25, 0.3) is 0 Å². The lowest BCUT2D eigenvalue weighted by Crippen LogP contribution is -2.09. The topological polar surface area (TPSA) is 224 Å². The Bertz CT molecular complexity index is 420. The highest BCUT2D eigenvalue weighted by atomic mass is 16.4. The second kappa shape index (κ2) is 13.7. The molecule has 0 radical (unpaired) electrons. The summed E-state index contributed by atoms with van der Waals surface area (Å²) in [5.74, 6) is -8.68. The van der Waals surface area contributed by atoms with Crippen LogP contribution in [-0.4, -0.2) is 66.5 Å². The molecule has 0 saturated carbocycles. The van der Waals surface area contributed by atoms with Crippen molar-refractivity contribution in [2.75, 3.05) is 0 Å². The maximum atomic E-state index is 9.55. The van der Waals surface area contributed by atoms with Crippen molar-refractivity contribution < 1.29 is 59.4 Å². The lowest BCUT2D eigenvalue weighted by atomic mass is 10.5. The van der Waals surface area contributed by atoms with Crippen LogP contribution in [-0.2, 0) is 28.8 Å². The fourth-order valence-corrected chi connectivity index (χ4v) is 0.285. The van der Waals surface area contributed by atoms with Crippen LogP contribution >= 0.6 is 0 Å². The van der Waals surface area contributed by atoms with E-state index in [9.17, 15) is 19.2 Å². The van der Waals surface area contributed by atoms with E-state index in [1.165, 1.54) is 0 Å². The molecule has 0 aliphatic heterocycles. The van der Waals surface area contributed by atoms with Gasteiger partial charge in [-0.3, -0.25) is 0 Å². The van der Waals surface area contributed by atoms with Crippen LogP contribution in [0, 0.1) is 0 Å². The Morgan fingerprint density at radius 3 is 0.591 bits per heavy atom. The Morgan fingerprint density at radius 1 is 0.409 bits per heavy atom. The van der Waals surface area contributed by atoms with Gasteiger partial charge in [0.05, 0.1) is 0 Å². The molecule has 0 fully saturated rings. The minimum Gasteiger partial charge on any atom is -0.478 e. The van der Waals surface area contributed by atoms with Gasteiger partial charge in [-0.1, -0.05) is 0 Å². The number of carbonyl (C=O) groups is 6. The highest BCUT2D eigenvalue weighted by Gasteiger charge is 2.04. The van der Waals surface area contributed by atoms with Crippen molar-refractivity contribution in [3.05, 3.63) is 24.3 Å². The first-order valence-electron chi connectivity index (χ1n) is 4.64. The molecule has 0 aromatic heterocycles. The number of hydrogen-bond donors (Lipinski definition) is 6. The minimum absolute atomic E-state index is 0.558. The summed E-state index contributed by atoms with van der Waals surface area (Å²) in [5.41, 5.74) is 0. The zero-order valence-electron chi connectivity index (χ0n) is 10.4. The van der Waals surface area contributed by atoms with Gasteiger partial charge in [-0.25, -0.2) is 28.8 Å². The average Bonchev–Trinajstić information content (AvgIpc) is 2.35. The Balaban J connectivity index is -0.000000249. The van der Waals surface area contributed by atoms with E-state index >= 15 is 0 Å². The van der Waals surface area contributed by atoms with Gasteiger partial charge in [0.25, 0.3) is 0 Å². The number of rotatable bonds is 4. The van der Waals surface area contributed by atoms with Crippen molar-refractivity contribution in [2.45, 2.75) is 0 Å². The summed E-state index contributed by atoms with van der Waals surface area (Å²) in [6.07, 6.45) is 2.23. The normalized spacial score (nSPS) is 8.91. The third-order valence-electron chi connectivity index (χ3n) is 0.920. The van der Waals surface area contributed by atoms with Crippen LogP contribution in [0.15, 0.2) is 24.3 Å². The van der Waals surface area contributed by atoms with Crippen molar-refractivity contribution in [1.82, 2.24) is 0 Å². The molecule has 22 heavy (non-hydrogen) atoms. The van der Waals surface area contributed by atoms with Crippen molar-refractivity contribution in [1.29, 1.82) is 0 Å². The SMILES string of the molecule is O=C(O)C(=O)O.O=C(O)C=CC(=O)O.O=C(O)C=CC(=O)O. The summed E-state index contributed by atoms with van der Waals surface area (Å²) >= 11 is 0. The smallest absolute Gasteiger partial charge is 0.414 e. The van der Waals surface area contributed by atoms with E-state index in [4.69, 9.17) is 40.2 Å². The molecule has 122 valence electrons. The van der Waals surface area contributed by atoms with Gasteiger partial charge in [0.15, 0.2) is 0 Å². The molecule has 12 nitrogen and oxygen atoms in total. The second-order valence-electron chi connectivity index (χ2n) is 2.63. The monoisotopic (exact) mass is 322 g/mol.